The average Bonchev–Trinajstić information content (AvgIpc) is 1.65. The highest BCUT2D eigenvalue weighted by atomic mass is 35.5. The summed E-state index contributed by atoms with van der Waals surface area (Å²) < 4.78 is 0. The molecule has 0 unspecified atom stereocenters. The molecule has 1 aliphatic rings. The fourth-order valence-electron chi connectivity index (χ4n) is 1.37. The Morgan fingerprint density at radius 3 is 1.56 bits per heavy atom. The molecule has 0 aliphatic carbocycles. The van der Waals surface area contributed by atoms with E-state index in [2.05, 4.69) is 13.3 Å². The van der Waals surface area contributed by atoms with E-state index in [1.54, 1.807) is 12.3 Å². The first-order valence-electron chi connectivity index (χ1n) is 3.53. The van der Waals surface area contributed by atoms with Gasteiger partial charge in [-0.25, -0.2) is 0 Å². The Balaban J connectivity index is 0.000000640. The Morgan fingerprint density at radius 2 is 1.33 bits per heavy atom. The second-order valence-corrected chi connectivity index (χ2v) is 8.21. The molecule has 0 aromatic rings. The summed E-state index contributed by atoms with van der Waals surface area (Å²) in [5.74, 6) is 0. The maximum atomic E-state index is 2.49. The van der Waals surface area contributed by atoms with Gasteiger partial charge in [-0.05, 0) is 19.3 Å². The topological polar surface area (TPSA) is 0 Å². The summed E-state index contributed by atoms with van der Waals surface area (Å²) in [5, 5.41) is 0. The summed E-state index contributed by atoms with van der Waals surface area (Å²) in [6, 6.07) is 0. The third-order valence-corrected chi connectivity index (χ3v) is 5.08. The molecule has 0 atom stereocenters. The van der Waals surface area contributed by atoms with Gasteiger partial charge in [0.15, 0.2) is 0 Å². The van der Waals surface area contributed by atoms with Crippen molar-refractivity contribution < 1.29 is 12.4 Å². The van der Waals surface area contributed by atoms with E-state index in [-0.39, 0.29) is 19.7 Å². The van der Waals surface area contributed by atoms with Crippen LogP contribution in [0.5, 0.6) is 0 Å². The molecule has 0 bridgehead atoms. The van der Waals surface area contributed by atoms with E-state index < -0.39 is 0 Å². The minimum absolute atomic E-state index is 0. The molecular formula is C7H16ClP. The van der Waals surface area contributed by atoms with E-state index in [0.29, 0.717) is 0 Å². The molecule has 1 aliphatic heterocycles. The highest BCUT2D eigenvalue weighted by Gasteiger charge is 2.26. The molecule has 2 heteroatoms. The Hall–Kier alpha value is 0.720. The van der Waals surface area contributed by atoms with Gasteiger partial charge in [-0.15, -0.1) is 0 Å². The summed E-state index contributed by atoms with van der Waals surface area (Å²) in [5.41, 5.74) is 0. The van der Waals surface area contributed by atoms with Gasteiger partial charge in [0, 0.05) is 20.6 Å². The number of hydrogen-bond donors (Lipinski definition) is 0. The quantitative estimate of drug-likeness (QED) is 0.424. The summed E-state index contributed by atoms with van der Waals surface area (Å²) in [4.78, 5) is 0. The summed E-state index contributed by atoms with van der Waals surface area (Å²) in [6.45, 7) is 4.98. The van der Waals surface area contributed by atoms with Gasteiger partial charge in [0.25, 0.3) is 0 Å². The fraction of sp³-hybridized carbons (Fsp3) is 1.00. The molecule has 0 radical (unpaired) electrons. The van der Waals surface area contributed by atoms with E-state index in [9.17, 15) is 0 Å². The van der Waals surface area contributed by atoms with Crippen LogP contribution in [-0.2, 0) is 0 Å². The van der Waals surface area contributed by atoms with Crippen LogP contribution < -0.4 is 12.4 Å². The van der Waals surface area contributed by atoms with Gasteiger partial charge in [-0.2, -0.15) is 0 Å². The molecule has 0 aromatic heterocycles. The van der Waals surface area contributed by atoms with Gasteiger partial charge in [-0.1, -0.05) is 0 Å². The van der Waals surface area contributed by atoms with Gasteiger partial charge in [0.1, 0.15) is 0 Å². The second kappa shape index (κ2) is 3.78. The molecule has 1 heterocycles. The van der Waals surface area contributed by atoms with Gasteiger partial charge < -0.3 is 12.4 Å². The van der Waals surface area contributed by atoms with Crippen molar-refractivity contribution in [3.05, 3.63) is 0 Å². The third kappa shape index (κ3) is 3.43. The molecule has 0 N–H and O–H groups in total. The first-order chi connectivity index (χ1) is 3.71. The molecule has 56 valence electrons. The predicted molar refractivity (Wildman–Crippen MR) is 42.4 cm³/mol. The van der Waals surface area contributed by atoms with E-state index >= 15 is 0 Å². The molecule has 0 saturated carbocycles. The Morgan fingerprint density at radius 1 is 0.889 bits per heavy atom. The zero-order valence-electron chi connectivity index (χ0n) is 6.36. The Kier molecular flexibility index (Phi) is 4.09. The molecule has 1 rings (SSSR count). The van der Waals surface area contributed by atoms with Crippen molar-refractivity contribution in [2.75, 3.05) is 25.7 Å². The fourth-order valence-corrected chi connectivity index (χ4v) is 3.75. The second-order valence-electron chi connectivity index (χ2n) is 3.44. The molecule has 9 heavy (non-hydrogen) atoms. The van der Waals surface area contributed by atoms with E-state index in [1.807, 2.05) is 0 Å². The standard InChI is InChI=1S/C7H16P.ClH/c1-8(2)6-4-3-5-7-8;/h3-7H2,1-2H3;1H/q+1;/p-1. The number of rotatable bonds is 0. The van der Waals surface area contributed by atoms with Crippen molar-refractivity contribution in [2.24, 2.45) is 0 Å². The zero-order valence-corrected chi connectivity index (χ0v) is 8.01. The van der Waals surface area contributed by atoms with Gasteiger partial charge in [0.2, 0.25) is 0 Å². The minimum Gasteiger partial charge on any atom is -1.00 e. The van der Waals surface area contributed by atoms with Crippen molar-refractivity contribution in [2.45, 2.75) is 19.3 Å². The van der Waals surface area contributed by atoms with Crippen LogP contribution in [0.15, 0.2) is 0 Å². The largest absolute Gasteiger partial charge is 1.00 e. The normalized spacial score (nSPS) is 24.7. The van der Waals surface area contributed by atoms with Crippen LogP contribution in [0.4, 0.5) is 0 Å². The van der Waals surface area contributed by atoms with Crippen LogP contribution in [0.2, 0.25) is 0 Å². The lowest BCUT2D eigenvalue weighted by atomic mass is 10.3. The summed E-state index contributed by atoms with van der Waals surface area (Å²) in [6.07, 6.45) is 7.66. The lowest BCUT2D eigenvalue weighted by Crippen LogP contribution is -3.00. The van der Waals surface area contributed by atoms with Crippen molar-refractivity contribution in [1.29, 1.82) is 0 Å². The Bertz CT molecular complexity index is 73.0. The number of hydrogen-bond acceptors (Lipinski definition) is 0. The minimum atomic E-state index is -0.337. The maximum Gasteiger partial charge on any atom is 0.0589 e. The molecule has 1 fully saturated rings. The first-order valence-corrected chi connectivity index (χ1v) is 6.58. The van der Waals surface area contributed by atoms with Crippen LogP contribution in [0.3, 0.4) is 0 Å². The first kappa shape index (κ1) is 9.72. The van der Waals surface area contributed by atoms with Crippen molar-refractivity contribution in [3.8, 4) is 0 Å². The van der Waals surface area contributed by atoms with Crippen LogP contribution in [0.25, 0.3) is 0 Å². The smallest absolute Gasteiger partial charge is 0.0589 e. The van der Waals surface area contributed by atoms with Crippen LogP contribution in [-0.4, -0.2) is 25.7 Å². The van der Waals surface area contributed by atoms with E-state index in [4.69, 9.17) is 0 Å². The molecular weight excluding hydrogens is 151 g/mol. The third-order valence-electron chi connectivity index (χ3n) is 2.03. The molecule has 1 saturated heterocycles. The summed E-state index contributed by atoms with van der Waals surface area (Å²) >= 11 is 0. The lowest BCUT2D eigenvalue weighted by molar-refractivity contribution is -0.00000195. The zero-order chi connectivity index (χ0) is 6.04. The maximum absolute atomic E-state index is 2.49. The molecule has 0 amide bonds. The van der Waals surface area contributed by atoms with Crippen molar-refractivity contribution in [3.63, 3.8) is 0 Å². The van der Waals surface area contributed by atoms with Gasteiger partial charge in [0.05, 0.1) is 12.3 Å². The molecule has 0 spiro atoms. The summed E-state index contributed by atoms with van der Waals surface area (Å²) in [7, 11) is -0.337. The molecule has 0 nitrogen and oxygen atoms in total. The average molecular weight is 167 g/mol. The van der Waals surface area contributed by atoms with Crippen molar-refractivity contribution in [1.82, 2.24) is 0 Å². The van der Waals surface area contributed by atoms with E-state index in [1.165, 1.54) is 19.3 Å². The molecule has 0 aromatic carbocycles. The Labute approximate surface area is 65.2 Å². The van der Waals surface area contributed by atoms with E-state index in [0.717, 1.165) is 0 Å². The highest BCUT2D eigenvalue weighted by molar-refractivity contribution is 7.74. The number of halogens is 1. The van der Waals surface area contributed by atoms with Crippen LogP contribution in [0.1, 0.15) is 19.3 Å². The van der Waals surface area contributed by atoms with Crippen LogP contribution >= 0.6 is 7.26 Å². The lowest BCUT2D eigenvalue weighted by Gasteiger charge is -2.21. The van der Waals surface area contributed by atoms with Gasteiger partial charge in [-0.3, -0.25) is 0 Å². The van der Waals surface area contributed by atoms with Crippen LogP contribution in [0, 0.1) is 0 Å². The predicted octanol–water partition coefficient (Wildman–Crippen LogP) is -0.548. The SMILES string of the molecule is C[P+]1(C)CCCCC1.[Cl-]. The monoisotopic (exact) mass is 166 g/mol. The highest BCUT2D eigenvalue weighted by Crippen LogP contribution is 2.54. The van der Waals surface area contributed by atoms with Gasteiger partial charge >= 0.3 is 0 Å². The van der Waals surface area contributed by atoms with Crippen molar-refractivity contribution >= 4 is 7.26 Å².